The average Bonchev–Trinajstić information content (AvgIpc) is 3.07. The molecule has 1 amide bonds. The summed E-state index contributed by atoms with van der Waals surface area (Å²) in [5, 5.41) is 8.68. The van der Waals surface area contributed by atoms with E-state index in [0.717, 1.165) is 43.8 Å². The second-order valence-corrected chi connectivity index (χ2v) is 11.6. The van der Waals surface area contributed by atoms with Crippen LogP contribution in [0, 0.1) is 17.2 Å². The smallest absolute Gasteiger partial charge is 0.219 e. The number of rotatable bonds is 6. The molecule has 3 rings (SSSR count). The Balaban J connectivity index is 1.92. The lowest BCUT2D eigenvalue weighted by Crippen LogP contribution is -2.38. The highest BCUT2D eigenvalue weighted by Crippen LogP contribution is 2.31. The van der Waals surface area contributed by atoms with Gasteiger partial charge in [-0.25, -0.2) is 13.4 Å². The van der Waals surface area contributed by atoms with E-state index in [2.05, 4.69) is 25.3 Å². The first-order valence-electron chi connectivity index (χ1n) is 10.9. The molecule has 0 spiro atoms. The van der Waals surface area contributed by atoms with E-state index in [1.807, 2.05) is 17.0 Å². The van der Waals surface area contributed by atoms with Gasteiger partial charge < -0.3 is 9.47 Å². The topological polar surface area (TPSA) is 96.1 Å². The number of unbranched alkanes of at least 4 members (excludes halogenated alkanes) is 1. The Kier molecular flexibility index (Phi) is 6.75. The molecule has 1 saturated heterocycles. The van der Waals surface area contributed by atoms with Crippen LogP contribution in [0.5, 0.6) is 0 Å². The Morgan fingerprint density at radius 2 is 1.94 bits per heavy atom. The van der Waals surface area contributed by atoms with Gasteiger partial charge in [0.05, 0.1) is 27.8 Å². The number of nitrogens with zero attached hydrogens (tertiary/aromatic N) is 4. The maximum Gasteiger partial charge on any atom is 0.219 e. The molecule has 1 aromatic heterocycles. The number of aromatic nitrogens is 2. The van der Waals surface area contributed by atoms with Crippen molar-refractivity contribution in [3.63, 3.8) is 0 Å². The number of likely N-dealkylation sites (tertiary alicyclic amines) is 1. The van der Waals surface area contributed by atoms with Crippen LogP contribution in [0.2, 0.25) is 0 Å². The van der Waals surface area contributed by atoms with E-state index in [1.165, 1.54) is 0 Å². The summed E-state index contributed by atoms with van der Waals surface area (Å²) in [6, 6.07) is 7.18. The highest BCUT2D eigenvalue weighted by atomic mass is 32.2. The summed E-state index contributed by atoms with van der Waals surface area (Å²) in [7, 11) is -3.44. The second-order valence-electron chi connectivity index (χ2n) is 9.48. The Morgan fingerprint density at radius 1 is 1.26 bits per heavy atom. The third-order valence-electron chi connectivity index (χ3n) is 5.95. The van der Waals surface area contributed by atoms with Crippen molar-refractivity contribution in [2.24, 2.45) is 5.92 Å². The predicted molar refractivity (Wildman–Crippen MR) is 120 cm³/mol. The molecule has 0 bridgehead atoms. The van der Waals surface area contributed by atoms with Gasteiger partial charge in [-0.3, -0.25) is 4.79 Å². The molecule has 1 fully saturated rings. The quantitative estimate of drug-likeness (QED) is 0.634. The zero-order valence-corrected chi connectivity index (χ0v) is 19.7. The predicted octanol–water partition coefficient (Wildman–Crippen LogP) is 3.67. The summed E-state index contributed by atoms with van der Waals surface area (Å²) in [5.41, 5.74) is 1.44. The molecule has 2 heterocycles. The monoisotopic (exact) mass is 444 g/mol. The van der Waals surface area contributed by atoms with Gasteiger partial charge in [-0.1, -0.05) is 20.8 Å². The second kappa shape index (κ2) is 8.99. The first-order chi connectivity index (χ1) is 14.5. The van der Waals surface area contributed by atoms with Crippen LogP contribution in [0.1, 0.15) is 59.2 Å². The molecule has 0 N–H and O–H groups in total. The normalized spacial score (nSPS) is 15.9. The van der Waals surface area contributed by atoms with E-state index in [0.29, 0.717) is 17.9 Å². The molecule has 0 unspecified atom stereocenters. The zero-order valence-electron chi connectivity index (χ0n) is 18.9. The number of imidazole rings is 1. The minimum Gasteiger partial charge on any atom is -0.343 e. The lowest BCUT2D eigenvalue weighted by atomic mass is 9.93. The molecule has 7 nitrogen and oxygen atoms in total. The minimum absolute atomic E-state index is 0.0341. The number of piperidine rings is 1. The third-order valence-corrected chi connectivity index (χ3v) is 7.75. The highest BCUT2D eigenvalue weighted by molar-refractivity contribution is 7.91. The highest BCUT2D eigenvalue weighted by Gasteiger charge is 2.27. The number of amides is 1. The number of hydrogen-bond acceptors (Lipinski definition) is 5. The van der Waals surface area contributed by atoms with E-state index in [4.69, 9.17) is 10.2 Å². The van der Waals surface area contributed by atoms with Gasteiger partial charge in [-0.15, -0.1) is 0 Å². The van der Waals surface area contributed by atoms with Gasteiger partial charge in [0.2, 0.25) is 5.91 Å². The average molecular weight is 445 g/mol. The molecule has 0 atom stereocenters. The molecule has 31 heavy (non-hydrogen) atoms. The number of nitriles is 1. The number of benzene rings is 1. The van der Waals surface area contributed by atoms with Crippen LogP contribution < -0.4 is 0 Å². The van der Waals surface area contributed by atoms with Crippen molar-refractivity contribution < 1.29 is 13.2 Å². The van der Waals surface area contributed by atoms with Gasteiger partial charge in [-0.2, -0.15) is 5.26 Å². The first-order valence-corrected chi connectivity index (χ1v) is 12.5. The number of sulfone groups is 1. The van der Waals surface area contributed by atoms with Crippen molar-refractivity contribution in [3.8, 4) is 6.07 Å². The molecule has 0 aliphatic carbocycles. The van der Waals surface area contributed by atoms with E-state index >= 15 is 0 Å². The van der Waals surface area contributed by atoms with Gasteiger partial charge in [0.1, 0.15) is 5.82 Å². The first kappa shape index (κ1) is 23.3. The minimum atomic E-state index is -3.44. The lowest BCUT2D eigenvalue weighted by Gasteiger charge is -2.32. The summed E-state index contributed by atoms with van der Waals surface area (Å²) < 4.78 is 27.6. The molecule has 0 radical (unpaired) electrons. The van der Waals surface area contributed by atoms with Crippen molar-refractivity contribution in [1.82, 2.24) is 14.5 Å². The van der Waals surface area contributed by atoms with E-state index in [9.17, 15) is 13.2 Å². The van der Waals surface area contributed by atoms with Gasteiger partial charge in [-0.05, 0) is 43.4 Å². The number of carbonyl (C=O) groups excluding carboxylic acids is 1. The number of fused-ring (bicyclic) bond motifs is 1. The number of hydrogen-bond donors (Lipinski definition) is 0. The van der Waals surface area contributed by atoms with Crippen LogP contribution in [0.3, 0.4) is 0 Å². The van der Waals surface area contributed by atoms with Crippen LogP contribution in [0.25, 0.3) is 11.0 Å². The van der Waals surface area contributed by atoms with Crippen molar-refractivity contribution in [3.05, 3.63) is 24.0 Å². The summed E-state index contributed by atoms with van der Waals surface area (Å²) in [5.74, 6) is 1.48. The molecular weight excluding hydrogens is 412 g/mol. The maximum atomic E-state index is 12.7. The fourth-order valence-electron chi connectivity index (χ4n) is 4.21. The Hall–Kier alpha value is -2.40. The van der Waals surface area contributed by atoms with Crippen molar-refractivity contribution in [2.45, 2.75) is 70.2 Å². The number of carbonyl (C=O) groups is 1. The fourth-order valence-corrected chi connectivity index (χ4v) is 5.53. The zero-order chi connectivity index (χ0) is 22.8. The van der Waals surface area contributed by atoms with Crippen LogP contribution in [-0.2, 0) is 26.6 Å². The molecule has 1 aliphatic rings. The summed E-state index contributed by atoms with van der Waals surface area (Å²) in [6.07, 6.45) is 2.46. The summed E-state index contributed by atoms with van der Waals surface area (Å²) >= 11 is 0. The van der Waals surface area contributed by atoms with Gasteiger partial charge in [0.15, 0.2) is 9.84 Å². The molecule has 0 saturated carbocycles. The van der Waals surface area contributed by atoms with Gasteiger partial charge in [0.25, 0.3) is 0 Å². The van der Waals surface area contributed by atoms with Crippen LogP contribution in [-0.4, -0.2) is 47.6 Å². The Labute approximate surface area is 185 Å². The van der Waals surface area contributed by atoms with Crippen molar-refractivity contribution in [2.75, 3.05) is 18.8 Å². The van der Waals surface area contributed by atoms with Crippen molar-refractivity contribution in [1.29, 1.82) is 5.26 Å². The standard InChI is InChI=1S/C23H32N4O3S/c1-17(28)26-12-9-18(10-13-26)16-27-21-8-7-19(31(29,30)14-6-5-11-24)15-20(21)25-22(27)23(2,3)4/h7-8,15,18H,5-6,9-10,12-14,16H2,1-4H3. The molecule has 1 aromatic carbocycles. The molecule has 8 heteroatoms. The van der Waals surface area contributed by atoms with Gasteiger partial charge >= 0.3 is 0 Å². The molecule has 1 aliphatic heterocycles. The van der Waals surface area contributed by atoms with Crippen molar-refractivity contribution >= 4 is 26.8 Å². The Bertz CT molecular complexity index is 1100. The fraction of sp³-hybridized carbons (Fsp3) is 0.609. The molecule has 2 aromatic rings. The van der Waals surface area contributed by atoms with Crippen LogP contribution in [0.4, 0.5) is 0 Å². The molecular formula is C23H32N4O3S. The maximum absolute atomic E-state index is 12.7. The lowest BCUT2D eigenvalue weighted by molar-refractivity contribution is -0.130. The molecule has 168 valence electrons. The summed E-state index contributed by atoms with van der Waals surface area (Å²) in [6.45, 7) is 10.3. The van der Waals surface area contributed by atoms with Gasteiger partial charge in [0, 0.05) is 38.4 Å². The van der Waals surface area contributed by atoms with Crippen LogP contribution >= 0.6 is 0 Å². The van der Waals surface area contributed by atoms with E-state index < -0.39 is 9.84 Å². The third kappa shape index (κ3) is 5.27. The van der Waals surface area contributed by atoms with E-state index in [1.54, 1.807) is 19.1 Å². The van der Waals surface area contributed by atoms with Crippen LogP contribution in [0.15, 0.2) is 23.1 Å². The largest absolute Gasteiger partial charge is 0.343 e. The van der Waals surface area contributed by atoms with E-state index in [-0.39, 0.29) is 28.4 Å². The SMILES string of the molecule is CC(=O)N1CCC(Cn2c(C(C)(C)C)nc3cc(S(=O)(=O)CCCC#N)ccc32)CC1. The summed E-state index contributed by atoms with van der Waals surface area (Å²) in [4.78, 5) is 18.6. The Morgan fingerprint density at radius 3 is 2.52 bits per heavy atom.